The van der Waals surface area contributed by atoms with Crippen LogP contribution < -0.4 is 5.32 Å². The number of piperazine rings is 1. The molecule has 114 valence electrons. The number of thioether (sulfide) groups is 1. The Morgan fingerprint density at radius 3 is 2.55 bits per heavy atom. The van der Waals surface area contributed by atoms with E-state index in [2.05, 4.69) is 12.2 Å². The van der Waals surface area contributed by atoms with E-state index >= 15 is 0 Å². The van der Waals surface area contributed by atoms with E-state index in [-0.39, 0.29) is 17.9 Å². The summed E-state index contributed by atoms with van der Waals surface area (Å²) in [4.78, 5) is 27.2. The molecule has 1 aliphatic carbocycles. The molecule has 20 heavy (non-hydrogen) atoms. The van der Waals surface area contributed by atoms with Gasteiger partial charge in [0, 0.05) is 12.3 Å². The molecule has 5 heteroatoms. The van der Waals surface area contributed by atoms with Gasteiger partial charge in [0.05, 0.1) is 0 Å². The van der Waals surface area contributed by atoms with Crippen LogP contribution >= 0.6 is 11.8 Å². The molecule has 1 atom stereocenters. The second kappa shape index (κ2) is 6.83. The average Bonchev–Trinajstić information content (AvgIpc) is 2.48. The fourth-order valence-electron chi connectivity index (χ4n) is 3.41. The first-order valence-electron chi connectivity index (χ1n) is 7.86. The summed E-state index contributed by atoms with van der Waals surface area (Å²) in [6, 6.07) is -0.318. The molecular weight excluding hydrogens is 272 g/mol. The van der Waals surface area contributed by atoms with E-state index in [9.17, 15) is 9.59 Å². The summed E-state index contributed by atoms with van der Waals surface area (Å²) in [5.41, 5.74) is -0.546. The predicted octanol–water partition coefficient (Wildman–Crippen LogP) is 2.18. The topological polar surface area (TPSA) is 49.4 Å². The van der Waals surface area contributed by atoms with E-state index in [1.165, 1.54) is 6.42 Å². The van der Waals surface area contributed by atoms with E-state index in [0.717, 1.165) is 37.2 Å². The van der Waals surface area contributed by atoms with Crippen molar-refractivity contribution >= 4 is 23.6 Å². The molecule has 1 aliphatic heterocycles. The van der Waals surface area contributed by atoms with Crippen LogP contribution in [0.3, 0.4) is 0 Å². The Morgan fingerprint density at radius 2 is 1.95 bits per heavy atom. The number of hydrogen-bond donors (Lipinski definition) is 1. The van der Waals surface area contributed by atoms with E-state index in [0.29, 0.717) is 13.0 Å². The van der Waals surface area contributed by atoms with Gasteiger partial charge in [-0.25, -0.2) is 0 Å². The lowest BCUT2D eigenvalue weighted by molar-refractivity contribution is -0.159. The lowest BCUT2D eigenvalue weighted by Crippen LogP contribution is -2.71. The van der Waals surface area contributed by atoms with Crippen LogP contribution in [-0.4, -0.2) is 46.3 Å². The van der Waals surface area contributed by atoms with E-state index in [4.69, 9.17) is 0 Å². The molecule has 1 N–H and O–H groups in total. The van der Waals surface area contributed by atoms with Crippen molar-refractivity contribution in [3.8, 4) is 0 Å². The van der Waals surface area contributed by atoms with Crippen LogP contribution in [0.4, 0.5) is 0 Å². The molecule has 1 saturated carbocycles. The molecule has 0 aromatic carbocycles. The highest BCUT2D eigenvalue weighted by Crippen LogP contribution is 2.37. The van der Waals surface area contributed by atoms with Crippen molar-refractivity contribution in [1.29, 1.82) is 0 Å². The first kappa shape index (κ1) is 15.7. The average molecular weight is 298 g/mol. The Bertz CT molecular complexity index is 367. The van der Waals surface area contributed by atoms with Crippen LogP contribution in [0, 0.1) is 0 Å². The molecule has 1 spiro atoms. The number of amides is 2. The summed E-state index contributed by atoms with van der Waals surface area (Å²) in [6.45, 7) is 4.79. The summed E-state index contributed by atoms with van der Waals surface area (Å²) in [6.07, 6.45) is 5.62. The monoisotopic (exact) mass is 298 g/mol. The van der Waals surface area contributed by atoms with Gasteiger partial charge >= 0.3 is 0 Å². The predicted molar refractivity (Wildman–Crippen MR) is 82.7 cm³/mol. The Kier molecular flexibility index (Phi) is 5.35. The van der Waals surface area contributed by atoms with Crippen molar-refractivity contribution in [1.82, 2.24) is 10.2 Å². The smallest absolute Gasteiger partial charge is 0.246 e. The second-order valence-corrected chi connectivity index (χ2v) is 7.11. The van der Waals surface area contributed by atoms with Crippen molar-refractivity contribution in [2.75, 3.05) is 18.1 Å². The molecule has 4 nitrogen and oxygen atoms in total. The maximum Gasteiger partial charge on any atom is 0.246 e. The molecule has 1 heterocycles. The zero-order valence-corrected chi connectivity index (χ0v) is 13.4. The molecule has 0 aromatic heterocycles. The van der Waals surface area contributed by atoms with Crippen molar-refractivity contribution in [3.63, 3.8) is 0 Å². The fraction of sp³-hybridized carbons (Fsp3) is 0.867. The normalized spacial score (nSPS) is 25.9. The summed E-state index contributed by atoms with van der Waals surface area (Å²) < 4.78 is 0. The van der Waals surface area contributed by atoms with Crippen LogP contribution in [0.15, 0.2) is 0 Å². The largest absolute Gasteiger partial charge is 0.342 e. The number of hydrogen-bond acceptors (Lipinski definition) is 3. The Hall–Kier alpha value is -0.710. The van der Waals surface area contributed by atoms with E-state index in [1.54, 1.807) is 0 Å². The quantitative estimate of drug-likeness (QED) is 0.792. The highest BCUT2D eigenvalue weighted by molar-refractivity contribution is 7.99. The van der Waals surface area contributed by atoms with Gasteiger partial charge in [-0.2, -0.15) is 11.8 Å². The molecule has 2 amide bonds. The van der Waals surface area contributed by atoms with E-state index in [1.807, 2.05) is 23.6 Å². The molecule has 0 aromatic rings. The van der Waals surface area contributed by atoms with Crippen LogP contribution in [0.5, 0.6) is 0 Å². The number of nitrogens with zero attached hydrogens (tertiary/aromatic N) is 1. The lowest BCUT2D eigenvalue weighted by Gasteiger charge is -2.50. The Morgan fingerprint density at radius 1 is 1.25 bits per heavy atom. The standard InChI is InChI=1S/C15H26N2O2S/c1-3-12-13(18)17(10-11-20-4-2)15(14(19)16-12)8-6-5-7-9-15/h12H,3-11H2,1-2H3,(H,16,19). The number of carbonyl (C=O) groups excluding carboxylic acids is 2. The second-order valence-electron chi connectivity index (χ2n) is 5.71. The summed E-state index contributed by atoms with van der Waals surface area (Å²) in [5.74, 6) is 2.20. The summed E-state index contributed by atoms with van der Waals surface area (Å²) in [7, 11) is 0. The minimum atomic E-state index is -0.546. The first-order chi connectivity index (χ1) is 9.65. The van der Waals surface area contributed by atoms with Gasteiger partial charge < -0.3 is 10.2 Å². The molecule has 2 rings (SSSR count). The van der Waals surface area contributed by atoms with Crippen LogP contribution in [-0.2, 0) is 9.59 Å². The van der Waals surface area contributed by atoms with E-state index < -0.39 is 5.54 Å². The third-order valence-corrected chi connectivity index (χ3v) is 5.44. The highest BCUT2D eigenvalue weighted by Gasteiger charge is 2.51. The van der Waals surface area contributed by atoms with Gasteiger partial charge in [0.2, 0.25) is 11.8 Å². The van der Waals surface area contributed by atoms with Crippen LogP contribution in [0.25, 0.3) is 0 Å². The number of carbonyl (C=O) groups is 2. The van der Waals surface area contributed by atoms with Crippen LogP contribution in [0.1, 0.15) is 52.4 Å². The molecule has 0 bridgehead atoms. The van der Waals surface area contributed by atoms with Crippen LogP contribution in [0.2, 0.25) is 0 Å². The van der Waals surface area contributed by atoms with Gasteiger partial charge in [-0.3, -0.25) is 9.59 Å². The molecule has 1 unspecified atom stereocenters. The Labute approximate surface area is 126 Å². The zero-order valence-electron chi connectivity index (χ0n) is 12.6. The molecule has 2 fully saturated rings. The van der Waals surface area contributed by atoms with Gasteiger partial charge in [0.1, 0.15) is 11.6 Å². The third-order valence-electron chi connectivity index (χ3n) is 4.56. The van der Waals surface area contributed by atoms with Gasteiger partial charge in [-0.1, -0.05) is 33.1 Å². The molecule has 1 saturated heterocycles. The van der Waals surface area contributed by atoms with Gasteiger partial charge in [0.15, 0.2) is 0 Å². The summed E-state index contributed by atoms with van der Waals surface area (Å²) in [5, 5.41) is 2.96. The Balaban J connectivity index is 2.20. The number of rotatable bonds is 5. The molecule has 2 aliphatic rings. The lowest BCUT2D eigenvalue weighted by atomic mass is 9.77. The third kappa shape index (κ3) is 2.83. The van der Waals surface area contributed by atoms with Gasteiger partial charge in [-0.15, -0.1) is 0 Å². The zero-order chi connectivity index (χ0) is 14.6. The van der Waals surface area contributed by atoms with Crippen molar-refractivity contribution in [2.45, 2.75) is 64.0 Å². The van der Waals surface area contributed by atoms with Gasteiger partial charge in [-0.05, 0) is 25.0 Å². The molecular formula is C15H26N2O2S. The maximum absolute atomic E-state index is 12.7. The fourth-order valence-corrected chi connectivity index (χ4v) is 4.01. The first-order valence-corrected chi connectivity index (χ1v) is 9.01. The minimum absolute atomic E-state index is 0.0881. The highest BCUT2D eigenvalue weighted by atomic mass is 32.2. The van der Waals surface area contributed by atoms with Gasteiger partial charge in [0.25, 0.3) is 0 Å². The van der Waals surface area contributed by atoms with Crippen molar-refractivity contribution < 1.29 is 9.59 Å². The number of nitrogens with one attached hydrogen (secondary N) is 1. The minimum Gasteiger partial charge on any atom is -0.342 e. The maximum atomic E-state index is 12.7. The summed E-state index contributed by atoms with van der Waals surface area (Å²) >= 11 is 1.84. The van der Waals surface area contributed by atoms with Crippen molar-refractivity contribution in [2.24, 2.45) is 0 Å². The molecule has 0 radical (unpaired) electrons. The van der Waals surface area contributed by atoms with Crippen molar-refractivity contribution in [3.05, 3.63) is 0 Å². The SMILES string of the molecule is CCSCCN1C(=O)C(CC)NC(=O)C12CCCCC2.